The maximum absolute atomic E-state index is 12.7. The molecule has 8 nitrogen and oxygen atoms in total. The summed E-state index contributed by atoms with van der Waals surface area (Å²) in [4.78, 5) is 17.5. The number of carbonyl (C=O) groups is 1. The molecule has 3 aromatic rings. The summed E-state index contributed by atoms with van der Waals surface area (Å²) < 4.78 is 12.9. The number of methoxy groups -OCH3 is 2. The van der Waals surface area contributed by atoms with Crippen LogP contribution in [0.5, 0.6) is 11.5 Å². The van der Waals surface area contributed by atoms with Crippen molar-refractivity contribution in [3.05, 3.63) is 53.9 Å². The minimum atomic E-state index is -0.308. The van der Waals surface area contributed by atoms with Gasteiger partial charge >= 0.3 is 0 Å². The smallest absolute Gasteiger partial charge is 0.238 e. The summed E-state index contributed by atoms with van der Waals surface area (Å²) in [5, 5.41) is 3.06. The largest absolute Gasteiger partial charge is 0.493 e. The van der Waals surface area contributed by atoms with Crippen molar-refractivity contribution in [2.75, 3.05) is 20.8 Å². The first-order valence-electron chi connectivity index (χ1n) is 11.0. The molecule has 170 valence electrons. The molecule has 1 amide bonds. The van der Waals surface area contributed by atoms with E-state index in [1.807, 2.05) is 36.4 Å². The molecule has 0 aliphatic carbocycles. The Labute approximate surface area is 188 Å². The highest BCUT2D eigenvalue weighted by Crippen LogP contribution is 2.32. The van der Waals surface area contributed by atoms with Crippen molar-refractivity contribution in [1.29, 1.82) is 0 Å². The number of nitrogens with one attached hydrogen (secondary N) is 3. The number of benzene rings is 2. The lowest BCUT2D eigenvalue weighted by atomic mass is 10.0. The summed E-state index contributed by atoms with van der Waals surface area (Å²) >= 11 is 0. The highest BCUT2D eigenvalue weighted by atomic mass is 16.5. The van der Waals surface area contributed by atoms with Gasteiger partial charge in [0.15, 0.2) is 11.5 Å². The second kappa shape index (κ2) is 9.58. The maximum atomic E-state index is 12.7. The van der Waals surface area contributed by atoms with E-state index in [0.29, 0.717) is 36.9 Å². The Bertz CT molecular complexity index is 1090. The van der Waals surface area contributed by atoms with Crippen LogP contribution in [0.2, 0.25) is 0 Å². The van der Waals surface area contributed by atoms with Gasteiger partial charge < -0.3 is 19.4 Å². The number of nitrogens with zero attached hydrogens (tertiary/aromatic N) is 2. The molecule has 2 atom stereocenters. The van der Waals surface area contributed by atoms with Gasteiger partial charge in [-0.15, -0.1) is 0 Å². The molecular weight excluding hydrogens is 406 g/mol. The fourth-order valence-electron chi connectivity index (χ4n) is 4.28. The van der Waals surface area contributed by atoms with Gasteiger partial charge in [-0.3, -0.25) is 4.79 Å². The molecule has 1 aliphatic rings. The number of hydrogen-bond acceptors (Lipinski definition) is 6. The van der Waals surface area contributed by atoms with Crippen molar-refractivity contribution in [3.8, 4) is 11.5 Å². The lowest BCUT2D eigenvalue weighted by molar-refractivity contribution is -0.122. The highest BCUT2D eigenvalue weighted by Gasteiger charge is 2.30. The Balaban J connectivity index is 1.35. The number of amides is 1. The molecule has 1 aromatic heterocycles. The van der Waals surface area contributed by atoms with Gasteiger partial charge in [0.05, 0.1) is 25.3 Å². The third-order valence-corrected chi connectivity index (χ3v) is 5.86. The fraction of sp³-hybridized carbons (Fsp3) is 0.417. The Kier molecular flexibility index (Phi) is 6.62. The summed E-state index contributed by atoms with van der Waals surface area (Å²) in [6.07, 6.45) is 1.32. The van der Waals surface area contributed by atoms with Crippen molar-refractivity contribution in [2.24, 2.45) is 0 Å². The van der Waals surface area contributed by atoms with Gasteiger partial charge in [0, 0.05) is 25.0 Å². The van der Waals surface area contributed by atoms with Crippen LogP contribution in [-0.4, -0.2) is 42.3 Å². The first kappa shape index (κ1) is 22.1. The molecule has 1 aliphatic heterocycles. The van der Waals surface area contributed by atoms with E-state index in [1.54, 1.807) is 14.2 Å². The highest BCUT2D eigenvalue weighted by molar-refractivity contribution is 5.82. The molecule has 3 N–H and O–H groups in total. The predicted octanol–water partition coefficient (Wildman–Crippen LogP) is 2.90. The van der Waals surface area contributed by atoms with E-state index in [2.05, 4.69) is 40.6 Å². The Morgan fingerprint density at radius 2 is 1.94 bits per heavy atom. The van der Waals surface area contributed by atoms with Crippen LogP contribution in [0.3, 0.4) is 0 Å². The van der Waals surface area contributed by atoms with Crippen LogP contribution in [0.25, 0.3) is 11.0 Å². The lowest BCUT2D eigenvalue weighted by Crippen LogP contribution is -2.43. The zero-order chi connectivity index (χ0) is 22.7. The summed E-state index contributed by atoms with van der Waals surface area (Å²) in [7, 11) is 3.23. The number of rotatable bonds is 8. The van der Waals surface area contributed by atoms with E-state index in [4.69, 9.17) is 14.5 Å². The van der Waals surface area contributed by atoms with Crippen LogP contribution in [0.15, 0.2) is 42.5 Å². The van der Waals surface area contributed by atoms with E-state index in [9.17, 15) is 4.79 Å². The van der Waals surface area contributed by atoms with Crippen molar-refractivity contribution < 1.29 is 14.3 Å². The molecule has 2 unspecified atom stereocenters. The third-order valence-electron chi connectivity index (χ3n) is 5.86. The average Bonchev–Trinajstić information content (AvgIpc) is 3.43. The van der Waals surface area contributed by atoms with Crippen molar-refractivity contribution >= 4 is 16.9 Å². The molecule has 4 rings (SSSR count). The molecule has 1 saturated heterocycles. The van der Waals surface area contributed by atoms with E-state index in [1.165, 1.54) is 0 Å². The second-order valence-corrected chi connectivity index (χ2v) is 8.27. The van der Waals surface area contributed by atoms with Crippen molar-refractivity contribution in [3.63, 3.8) is 0 Å². The van der Waals surface area contributed by atoms with Gasteiger partial charge in [0.1, 0.15) is 11.9 Å². The van der Waals surface area contributed by atoms with Gasteiger partial charge in [0.2, 0.25) is 5.91 Å². The molecular formula is C24H31N5O3. The average molecular weight is 438 g/mol. The Hall–Kier alpha value is -3.10. The van der Waals surface area contributed by atoms with Crippen LogP contribution < -0.4 is 25.6 Å². The topological polar surface area (TPSA) is 89.4 Å². The summed E-state index contributed by atoms with van der Waals surface area (Å²) in [6.45, 7) is 4.84. The Morgan fingerprint density at radius 1 is 1.16 bits per heavy atom. The zero-order valence-electron chi connectivity index (χ0n) is 19.0. The van der Waals surface area contributed by atoms with E-state index in [-0.39, 0.29) is 18.0 Å². The minimum absolute atomic E-state index is 0.00990. The fourth-order valence-corrected chi connectivity index (χ4v) is 4.28. The maximum Gasteiger partial charge on any atom is 0.238 e. The standard InChI is InChI=1S/C24H31N5O3/c1-15(2)29-20-8-6-5-7-17(20)26-23(29)11-12-25-24(30)19-14-18(27-28-19)16-9-10-21(31-3)22(13-16)32-4/h5-10,13,15,18-19,27-28H,11-12,14H2,1-4H3,(H,25,30). The molecule has 0 spiro atoms. The van der Waals surface area contributed by atoms with Crippen LogP contribution in [0.1, 0.15) is 43.7 Å². The number of hydrazine groups is 1. The lowest BCUT2D eigenvalue weighted by Gasteiger charge is -2.14. The number of hydrogen-bond donors (Lipinski definition) is 3. The van der Waals surface area contributed by atoms with E-state index < -0.39 is 0 Å². The third kappa shape index (κ3) is 4.42. The molecule has 2 aromatic carbocycles. The Morgan fingerprint density at radius 3 is 2.69 bits per heavy atom. The van der Waals surface area contributed by atoms with Crippen LogP contribution in [-0.2, 0) is 11.2 Å². The van der Waals surface area contributed by atoms with Gasteiger partial charge in [0.25, 0.3) is 0 Å². The minimum Gasteiger partial charge on any atom is -0.493 e. The van der Waals surface area contributed by atoms with E-state index >= 15 is 0 Å². The van der Waals surface area contributed by atoms with Crippen molar-refractivity contribution in [2.45, 2.75) is 44.8 Å². The number of para-hydroxylation sites is 2. The van der Waals surface area contributed by atoms with Crippen LogP contribution >= 0.6 is 0 Å². The number of fused-ring (bicyclic) bond motifs is 1. The first-order chi connectivity index (χ1) is 15.5. The predicted molar refractivity (Wildman–Crippen MR) is 124 cm³/mol. The number of aromatic nitrogens is 2. The van der Waals surface area contributed by atoms with Gasteiger partial charge in [-0.2, -0.15) is 0 Å². The summed E-state index contributed by atoms with van der Waals surface area (Å²) in [6, 6.07) is 14.0. The van der Waals surface area contributed by atoms with Crippen molar-refractivity contribution in [1.82, 2.24) is 25.7 Å². The van der Waals surface area contributed by atoms with Crippen LogP contribution in [0, 0.1) is 0 Å². The molecule has 0 bridgehead atoms. The molecule has 1 fully saturated rings. The molecule has 0 saturated carbocycles. The molecule has 2 heterocycles. The number of carbonyl (C=O) groups excluding carboxylic acids is 1. The summed E-state index contributed by atoms with van der Waals surface area (Å²) in [5.74, 6) is 2.33. The summed E-state index contributed by atoms with van der Waals surface area (Å²) in [5.41, 5.74) is 9.49. The molecule has 8 heteroatoms. The number of imidazole rings is 1. The second-order valence-electron chi connectivity index (χ2n) is 8.27. The SMILES string of the molecule is COc1ccc(C2CC(C(=O)NCCc3nc4ccccc4n3C(C)C)NN2)cc1OC. The quantitative estimate of drug-likeness (QED) is 0.502. The van der Waals surface area contributed by atoms with Crippen LogP contribution in [0.4, 0.5) is 0 Å². The van der Waals surface area contributed by atoms with Gasteiger partial charge in [-0.25, -0.2) is 15.8 Å². The monoisotopic (exact) mass is 437 g/mol. The molecule has 32 heavy (non-hydrogen) atoms. The van der Waals surface area contributed by atoms with Gasteiger partial charge in [-0.05, 0) is 50.1 Å². The first-order valence-corrected chi connectivity index (χ1v) is 11.0. The zero-order valence-corrected chi connectivity index (χ0v) is 19.0. The number of ether oxygens (including phenoxy) is 2. The van der Waals surface area contributed by atoms with E-state index in [0.717, 1.165) is 22.4 Å². The molecule has 0 radical (unpaired) electrons. The van der Waals surface area contributed by atoms with Gasteiger partial charge in [-0.1, -0.05) is 18.2 Å². The normalized spacial score (nSPS) is 18.3.